The predicted octanol–water partition coefficient (Wildman–Crippen LogP) is 1.65. The molecule has 1 aromatic rings. The number of benzene rings is 1. The number of likely N-dealkylation sites (N-methyl/N-ethyl adjacent to an activating group) is 1. The summed E-state index contributed by atoms with van der Waals surface area (Å²) >= 11 is 0. The minimum Gasteiger partial charge on any atom is -0.340 e. The summed E-state index contributed by atoms with van der Waals surface area (Å²) in [6.45, 7) is -0.238. The van der Waals surface area contributed by atoms with E-state index in [1.807, 2.05) is 0 Å². The lowest BCUT2D eigenvalue weighted by Gasteiger charge is -2.22. The van der Waals surface area contributed by atoms with E-state index in [0.717, 1.165) is 17.7 Å². The largest absolute Gasteiger partial charge is 0.340 e. The quantitative estimate of drug-likeness (QED) is 0.852. The highest BCUT2D eigenvalue weighted by Gasteiger charge is 2.52. The van der Waals surface area contributed by atoms with E-state index < -0.39 is 23.3 Å². The molecule has 24 heavy (non-hydrogen) atoms. The third-order valence-corrected chi connectivity index (χ3v) is 4.79. The maximum Gasteiger partial charge on any atom is 0.325 e. The first kappa shape index (κ1) is 16.4. The minimum absolute atomic E-state index is 0.0836. The molecule has 0 radical (unpaired) electrons. The molecule has 0 atom stereocenters. The summed E-state index contributed by atoms with van der Waals surface area (Å²) in [5.74, 6) is -1.12. The molecule has 2 aliphatic rings. The van der Waals surface area contributed by atoms with E-state index in [1.54, 1.807) is 18.2 Å². The van der Waals surface area contributed by atoms with Gasteiger partial charge in [0, 0.05) is 19.2 Å². The average molecular weight is 333 g/mol. The zero-order valence-corrected chi connectivity index (χ0v) is 13.5. The number of halogens is 1. The molecule has 1 heterocycles. The van der Waals surface area contributed by atoms with Crippen LogP contribution >= 0.6 is 0 Å². The maximum absolute atomic E-state index is 13.7. The summed E-state index contributed by atoms with van der Waals surface area (Å²) in [4.78, 5) is 39.2. The van der Waals surface area contributed by atoms with E-state index in [-0.39, 0.29) is 19.0 Å². The summed E-state index contributed by atoms with van der Waals surface area (Å²) in [5, 5.41) is 2.74. The van der Waals surface area contributed by atoms with Gasteiger partial charge in [0.15, 0.2) is 0 Å². The molecular weight excluding hydrogens is 313 g/mol. The van der Waals surface area contributed by atoms with Gasteiger partial charge in [0.1, 0.15) is 17.9 Å². The van der Waals surface area contributed by atoms with Crippen LogP contribution in [0.3, 0.4) is 0 Å². The number of carbonyl (C=O) groups is 3. The van der Waals surface area contributed by atoms with Crippen LogP contribution in [0.15, 0.2) is 24.3 Å². The Labute approximate surface area is 139 Å². The predicted molar refractivity (Wildman–Crippen MR) is 84.3 cm³/mol. The average Bonchev–Trinajstić information content (AvgIpc) is 3.11. The molecule has 6 nitrogen and oxygen atoms in total. The Morgan fingerprint density at radius 3 is 2.62 bits per heavy atom. The van der Waals surface area contributed by atoms with E-state index in [2.05, 4.69) is 5.32 Å². The summed E-state index contributed by atoms with van der Waals surface area (Å²) in [6.07, 6.45) is 3.02. The first-order valence-corrected chi connectivity index (χ1v) is 8.04. The van der Waals surface area contributed by atoms with Crippen LogP contribution in [-0.2, 0) is 16.1 Å². The van der Waals surface area contributed by atoms with E-state index in [9.17, 15) is 18.8 Å². The van der Waals surface area contributed by atoms with Crippen LogP contribution in [0.2, 0.25) is 0 Å². The second kappa shape index (κ2) is 6.22. The lowest BCUT2D eigenvalue weighted by atomic mass is 9.98. The van der Waals surface area contributed by atoms with Gasteiger partial charge in [0.25, 0.3) is 5.91 Å². The van der Waals surface area contributed by atoms with Gasteiger partial charge < -0.3 is 10.2 Å². The van der Waals surface area contributed by atoms with Crippen LogP contribution in [-0.4, -0.2) is 46.8 Å². The van der Waals surface area contributed by atoms with Crippen LogP contribution in [0.5, 0.6) is 0 Å². The van der Waals surface area contributed by atoms with Gasteiger partial charge in [0.2, 0.25) is 5.91 Å². The molecule has 1 aromatic carbocycles. The number of imide groups is 1. The number of rotatable bonds is 4. The fraction of sp³-hybridized carbons (Fsp3) is 0.471. The van der Waals surface area contributed by atoms with E-state index in [1.165, 1.54) is 18.0 Å². The number of nitrogens with one attached hydrogen (secondary N) is 1. The molecule has 1 spiro atoms. The van der Waals surface area contributed by atoms with Crippen LogP contribution in [0.25, 0.3) is 0 Å². The molecule has 1 aliphatic heterocycles. The molecule has 128 valence electrons. The molecule has 0 bridgehead atoms. The maximum atomic E-state index is 13.7. The SMILES string of the molecule is CN(Cc1ccccc1F)C(=O)CN1C(=O)NC2(CCCC2)C1=O. The molecule has 0 aromatic heterocycles. The first-order valence-electron chi connectivity index (χ1n) is 8.04. The van der Waals surface area contributed by atoms with Crippen molar-refractivity contribution in [1.82, 2.24) is 15.1 Å². The highest BCUT2D eigenvalue weighted by Crippen LogP contribution is 2.34. The molecule has 7 heteroatoms. The lowest BCUT2D eigenvalue weighted by molar-refractivity contribution is -0.138. The van der Waals surface area contributed by atoms with Crippen molar-refractivity contribution in [2.75, 3.05) is 13.6 Å². The number of hydrogen-bond acceptors (Lipinski definition) is 3. The molecule has 0 unspecified atom stereocenters. The molecular formula is C17H20FN3O3. The number of nitrogens with zero attached hydrogens (tertiary/aromatic N) is 2. The molecule has 4 amide bonds. The van der Waals surface area contributed by atoms with Gasteiger partial charge in [-0.15, -0.1) is 0 Å². The van der Waals surface area contributed by atoms with Crippen molar-refractivity contribution >= 4 is 17.8 Å². The number of urea groups is 1. The van der Waals surface area contributed by atoms with Crippen molar-refractivity contribution in [3.63, 3.8) is 0 Å². The highest BCUT2D eigenvalue weighted by atomic mass is 19.1. The Morgan fingerprint density at radius 2 is 1.96 bits per heavy atom. The van der Waals surface area contributed by atoms with Gasteiger partial charge in [-0.2, -0.15) is 0 Å². The molecule has 3 rings (SSSR count). The van der Waals surface area contributed by atoms with Gasteiger partial charge in [-0.3, -0.25) is 14.5 Å². The first-order chi connectivity index (χ1) is 11.4. The molecule has 1 N–H and O–H groups in total. The standard InChI is InChI=1S/C17H20FN3O3/c1-20(10-12-6-2-3-7-13(12)18)14(22)11-21-15(23)17(19-16(21)24)8-4-5-9-17/h2-3,6-7H,4-5,8-11H2,1H3,(H,19,24). The highest BCUT2D eigenvalue weighted by molar-refractivity contribution is 6.09. The number of amides is 4. The van der Waals surface area contributed by atoms with E-state index >= 15 is 0 Å². The van der Waals surface area contributed by atoms with E-state index in [4.69, 9.17) is 0 Å². The van der Waals surface area contributed by atoms with Gasteiger partial charge in [-0.25, -0.2) is 9.18 Å². The summed E-state index contributed by atoms with van der Waals surface area (Å²) in [6, 6.07) is 5.68. The van der Waals surface area contributed by atoms with Crippen LogP contribution in [0.1, 0.15) is 31.2 Å². The Kier molecular flexibility index (Phi) is 4.26. The summed E-state index contributed by atoms with van der Waals surface area (Å²) in [5.41, 5.74) is -0.431. The summed E-state index contributed by atoms with van der Waals surface area (Å²) < 4.78 is 13.7. The molecule has 1 saturated heterocycles. The van der Waals surface area contributed by atoms with Crippen molar-refractivity contribution in [3.05, 3.63) is 35.6 Å². The monoisotopic (exact) mass is 333 g/mol. The van der Waals surface area contributed by atoms with Crippen LogP contribution < -0.4 is 5.32 Å². The third kappa shape index (κ3) is 2.86. The molecule has 1 saturated carbocycles. The van der Waals surface area contributed by atoms with E-state index in [0.29, 0.717) is 18.4 Å². The van der Waals surface area contributed by atoms with Crippen LogP contribution in [0, 0.1) is 5.82 Å². The van der Waals surface area contributed by atoms with Crippen LogP contribution in [0.4, 0.5) is 9.18 Å². The van der Waals surface area contributed by atoms with Gasteiger partial charge in [-0.05, 0) is 18.9 Å². The normalized spacial score (nSPS) is 19.0. The zero-order chi connectivity index (χ0) is 17.3. The summed E-state index contributed by atoms with van der Waals surface area (Å²) in [7, 11) is 1.53. The number of carbonyl (C=O) groups excluding carboxylic acids is 3. The van der Waals surface area contributed by atoms with Crippen molar-refractivity contribution < 1.29 is 18.8 Å². The Morgan fingerprint density at radius 1 is 1.29 bits per heavy atom. The smallest absolute Gasteiger partial charge is 0.325 e. The van der Waals surface area contributed by atoms with Crippen molar-refractivity contribution in [2.45, 2.75) is 37.8 Å². The third-order valence-electron chi connectivity index (χ3n) is 4.79. The Balaban J connectivity index is 1.65. The fourth-order valence-corrected chi connectivity index (χ4v) is 3.36. The minimum atomic E-state index is -0.818. The van der Waals surface area contributed by atoms with Crippen molar-refractivity contribution in [3.8, 4) is 0 Å². The van der Waals surface area contributed by atoms with Gasteiger partial charge in [0.05, 0.1) is 0 Å². The lowest BCUT2D eigenvalue weighted by Crippen LogP contribution is -2.45. The Hall–Kier alpha value is -2.44. The fourth-order valence-electron chi connectivity index (χ4n) is 3.36. The molecule has 2 fully saturated rings. The topological polar surface area (TPSA) is 69.7 Å². The van der Waals surface area contributed by atoms with Crippen molar-refractivity contribution in [1.29, 1.82) is 0 Å². The Bertz CT molecular complexity index is 685. The van der Waals surface area contributed by atoms with Crippen molar-refractivity contribution in [2.24, 2.45) is 0 Å². The van der Waals surface area contributed by atoms with Gasteiger partial charge >= 0.3 is 6.03 Å². The zero-order valence-electron chi connectivity index (χ0n) is 13.5. The molecule has 1 aliphatic carbocycles. The number of hydrogen-bond donors (Lipinski definition) is 1. The second-order valence-corrected chi connectivity index (χ2v) is 6.45. The van der Waals surface area contributed by atoms with Gasteiger partial charge in [-0.1, -0.05) is 31.0 Å². The second-order valence-electron chi connectivity index (χ2n) is 6.45.